The van der Waals surface area contributed by atoms with E-state index in [-0.39, 0.29) is 11.9 Å². The van der Waals surface area contributed by atoms with Crippen LogP contribution in [-0.2, 0) is 16.0 Å². The molecule has 156 valence electrons. The SMILES string of the molecule is COC.COC.OC(c1ccccc1)C1CCN(Cc2ccc(F)cc2)CC1. The summed E-state index contributed by atoms with van der Waals surface area (Å²) < 4.78 is 21.4. The van der Waals surface area contributed by atoms with Gasteiger partial charge in [0.15, 0.2) is 0 Å². The summed E-state index contributed by atoms with van der Waals surface area (Å²) in [6.07, 6.45) is 1.63. The average molecular weight is 392 g/mol. The van der Waals surface area contributed by atoms with Crippen LogP contribution in [0.5, 0.6) is 0 Å². The molecule has 1 unspecified atom stereocenters. The van der Waals surface area contributed by atoms with Gasteiger partial charge in [-0.3, -0.25) is 4.90 Å². The van der Waals surface area contributed by atoms with Gasteiger partial charge in [-0.05, 0) is 55.1 Å². The molecule has 1 heterocycles. The van der Waals surface area contributed by atoms with E-state index in [1.54, 1.807) is 28.4 Å². The minimum atomic E-state index is -0.367. The third-order valence-corrected chi connectivity index (χ3v) is 4.54. The average Bonchev–Trinajstić information content (AvgIpc) is 2.72. The van der Waals surface area contributed by atoms with E-state index in [4.69, 9.17) is 0 Å². The maximum atomic E-state index is 12.9. The normalized spacial score (nSPS) is 15.6. The van der Waals surface area contributed by atoms with Crippen molar-refractivity contribution in [1.82, 2.24) is 4.90 Å². The summed E-state index contributed by atoms with van der Waals surface area (Å²) in [4.78, 5) is 2.38. The van der Waals surface area contributed by atoms with E-state index in [1.165, 1.54) is 12.1 Å². The zero-order valence-corrected chi connectivity index (χ0v) is 17.5. The van der Waals surface area contributed by atoms with E-state index < -0.39 is 0 Å². The molecule has 2 aromatic rings. The van der Waals surface area contributed by atoms with Gasteiger partial charge in [0.25, 0.3) is 0 Å². The number of nitrogens with zero attached hydrogens (tertiary/aromatic N) is 1. The van der Waals surface area contributed by atoms with Gasteiger partial charge in [0, 0.05) is 35.0 Å². The van der Waals surface area contributed by atoms with Gasteiger partial charge >= 0.3 is 0 Å². The van der Waals surface area contributed by atoms with Crippen molar-refractivity contribution in [1.29, 1.82) is 0 Å². The van der Waals surface area contributed by atoms with Gasteiger partial charge in [0.1, 0.15) is 5.82 Å². The molecule has 1 fully saturated rings. The van der Waals surface area contributed by atoms with E-state index in [2.05, 4.69) is 14.4 Å². The number of ether oxygens (including phenoxy) is 2. The summed E-state index contributed by atoms with van der Waals surface area (Å²) >= 11 is 0. The fraction of sp³-hybridized carbons (Fsp3) is 0.478. The molecule has 2 aromatic carbocycles. The zero-order chi connectivity index (χ0) is 20.8. The summed E-state index contributed by atoms with van der Waals surface area (Å²) in [5, 5.41) is 10.5. The molecule has 0 amide bonds. The van der Waals surface area contributed by atoms with Gasteiger partial charge in [-0.25, -0.2) is 4.39 Å². The minimum Gasteiger partial charge on any atom is -0.388 e. The Labute approximate surface area is 168 Å². The highest BCUT2D eigenvalue weighted by atomic mass is 19.1. The molecule has 1 aliphatic heterocycles. The first-order valence-corrected chi connectivity index (χ1v) is 9.55. The van der Waals surface area contributed by atoms with E-state index in [0.717, 1.165) is 43.6 Å². The third-order valence-electron chi connectivity index (χ3n) is 4.54. The lowest BCUT2D eigenvalue weighted by Gasteiger charge is -2.34. The van der Waals surface area contributed by atoms with Crippen molar-refractivity contribution in [2.45, 2.75) is 25.5 Å². The van der Waals surface area contributed by atoms with Gasteiger partial charge in [-0.2, -0.15) is 0 Å². The van der Waals surface area contributed by atoms with Gasteiger partial charge < -0.3 is 14.6 Å². The lowest BCUT2D eigenvalue weighted by molar-refractivity contribution is 0.0568. The molecule has 0 spiro atoms. The monoisotopic (exact) mass is 391 g/mol. The standard InChI is InChI=1S/C19H22FNO.2C2H6O/c20-18-8-6-15(7-9-18)14-21-12-10-17(11-13-21)19(22)16-4-2-1-3-5-16;2*1-3-2/h1-9,17,19,22H,10-14H2;2*1-2H3. The predicted octanol–water partition coefficient (Wildman–Crippen LogP) is 4.30. The number of rotatable bonds is 4. The molecular weight excluding hydrogens is 357 g/mol. The Morgan fingerprint density at radius 1 is 0.929 bits per heavy atom. The number of aliphatic hydroxyl groups excluding tert-OH is 1. The maximum absolute atomic E-state index is 12.9. The van der Waals surface area contributed by atoms with E-state index in [1.807, 2.05) is 42.5 Å². The molecule has 5 heteroatoms. The molecule has 28 heavy (non-hydrogen) atoms. The van der Waals surface area contributed by atoms with Crippen molar-refractivity contribution < 1.29 is 19.0 Å². The summed E-state index contributed by atoms with van der Waals surface area (Å²) in [5.74, 6) is 0.139. The molecule has 0 aromatic heterocycles. The Balaban J connectivity index is 0.000000582. The summed E-state index contributed by atoms with van der Waals surface area (Å²) in [6, 6.07) is 16.6. The molecule has 1 atom stereocenters. The highest BCUT2D eigenvalue weighted by molar-refractivity contribution is 5.18. The van der Waals surface area contributed by atoms with Crippen LogP contribution in [0.2, 0.25) is 0 Å². The zero-order valence-electron chi connectivity index (χ0n) is 17.5. The van der Waals surface area contributed by atoms with Crippen LogP contribution in [0.3, 0.4) is 0 Å². The number of likely N-dealkylation sites (tertiary alicyclic amines) is 1. The van der Waals surface area contributed by atoms with Crippen LogP contribution in [0.15, 0.2) is 54.6 Å². The van der Waals surface area contributed by atoms with Crippen molar-refractivity contribution in [3.63, 3.8) is 0 Å². The number of hydrogen-bond acceptors (Lipinski definition) is 4. The van der Waals surface area contributed by atoms with Crippen LogP contribution in [0.1, 0.15) is 30.1 Å². The van der Waals surface area contributed by atoms with Crippen molar-refractivity contribution in [2.24, 2.45) is 5.92 Å². The highest BCUT2D eigenvalue weighted by Crippen LogP contribution is 2.31. The smallest absolute Gasteiger partial charge is 0.123 e. The fourth-order valence-corrected chi connectivity index (χ4v) is 3.20. The molecular formula is C23H34FNO3. The molecule has 0 radical (unpaired) electrons. The largest absolute Gasteiger partial charge is 0.388 e. The lowest BCUT2D eigenvalue weighted by Crippen LogP contribution is -2.35. The molecule has 0 bridgehead atoms. The summed E-state index contributed by atoms with van der Waals surface area (Å²) in [7, 11) is 6.50. The number of methoxy groups -OCH3 is 2. The Kier molecular flexibility index (Phi) is 12.3. The molecule has 0 saturated carbocycles. The Morgan fingerprint density at radius 3 is 1.93 bits per heavy atom. The van der Waals surface area contributed by atoms with Gasteiger partial charge in [0.2, 0.25) is 0 Å². The number of piperidine rings is 1. The van der Waals surface area contributed by atoms with Crippen molar-refractivity contribution in [3.05, 3.63) is 71.5 Å². The van der Waals surface area contributed by atoms with Gasteiger partial charge in [0.05, 0.1) is 6.10 Å². The second-order valence-electron chi connectivity index (χ2n) is 6.91. The van der Waals surface area contributed by atoms with Crippen LogP contribution < -0.4 is 0 Å². The molecule has 0 aliphatic carbocycles. The quantitative estimate of drug-likeness (QED) is 0.844. The van der Waals surface area contributed by atoms with E-state index in [9.17, 15) is 9.50 Å². The molecule has 3 rings (SSSR count). The van der Waals surface area contributed by atoms with Crippen LogP contribution in [-0.4, -0.2) is 51.5 Å². The summed E-state index contributed by atoms with van der Waals surface area (Å²) in [6.45, 7) is 2.81. The maximum Gasteiger partial charge on any atom is 0.123 e. The number of benzene rings is 2. The van der Waals surface area contributed by atoms with Crippen LogP contribution >= 0.6 is 0 Å². The first kappa shape index (κ1) is 24.2. The van der Waals surface area contributed by atoms with Crippen LogP contribution in [0.4, 0.5) is 4.39 Å². The Hall–Kier alpha value is -1.79. The second-order valence-corrected chi connectivity index (χ2v) is 6.91. The predicted molar refractivity (Wildman–Crippen MR) is 112 cm³/mol. The van der Waals surface area contributed by atoms with Crippen molar-refractivity contribution in [2.75, 3.05) is 41.5 Å². The first-order chi connectivity index (χ1) is 13.5. The minimum absolute atomic E-state index is 0.187. The highest BCUT2D eigenvalue weighted by Gasteiger charge is 2.26. The Morgan fingerprint density at radius 2 is 1.43 bits per heavy atom. The molecule has 4 nitrogen and oxygen atoms in total. The fourth-order valence-electron chi connectivity index (χ4n) is 3.20. The number of hydrogen-bond donors (Lipinski definition) is 1. The van der Waals surface area contributed by atoms with E-state index in [0.29, 0.717) is 5.92 Å². The number of aliphatic hydroxyl groups is 1. The van der Waals surface area contributed by atoms with Crippen LogP contribution in [0, 0.1) is 11.7 Å². The Bertz CT molecular complexity index is 612. The second kappa shape index (κ2) is 14.2. The summed E-state index contributed by atoms with van der Waals surface area (Å²) in [5.41, 5.74) is 2.16. The third kappa shape index (κ3) is 8.93. The van der Waals surface area contributed by atoms with E-state index >= 15 is 0 Å². The van der Waals surface area contributed by atoms with Gasteiger partial charge in [-0.15, -0.1) is 0 Å². The first-order valence-electron chi connectivity index (χ1n) is 9.55. The molecule has 1 N–H and O–H groups in total. The lowest BCUT2D eigenvalue weighted by atomic mass is 9.87. The topological polar surface area (TPSA) is 41.9 Å². The van der Waals surface area contributed by atoms with Gasteiger partial charge in [-0.1, -0.05) is 42.5 Å². The van der Waals surface area contributed by atoms with Crippen LogP contribution in [0.25, 0.3) is 0 Å². The van der Waals surface area contributed by atoms with Crippen molar-refractivity contribution >= 4 is 0 Å². The van der Waals surface area contributed by atoms with Crippen molar-refractivity contribution in [3.8, 4) is 0 Å². The number of halogens is 1. The molecule has 1 saturated heterocycles. The molecule has 1 aliphatic rings.